The summed E-state index contributed by atoms with van der Waals surface area (Å²) in [5.41, 5.74) is 0.133. The maximum Gasteiger partial charge on any atom is 0.245 e. The highest BCUT2D eigenvalue weighted by atomic mass is 16.5. The third-order valence-electron chi connectivity index (χ3n) is 4.13. The summed E-state index contributed by atoms with van der Waals surface area (Å²) < 4.78 is 5.22. The number of Topliss-reactive ketones (excluding diaryl/α,β-unsaturated/α-hetero) is 1. The van der Waals surface area contributed by atoms with Gasteiger partial charge in [0.15, 0.2) is 5.78 Å². The van der Waals surface area contributed by atoms with E-state index < -0.39 is 17.2 Å². The molecule has 1 heterocycles. The minimum Gasteiger partial charge on any atom is -0.496 e. The molecular formula is C14H13NO4. The summed E-state index contributed by atoms with van der Waals surface area (Å²) in [7, 11) is 1.53. The summed E-state index contributed by atoms with van der Waals surface area (Å²) >= 11 is 0. The Morgan fingerprint density at radius 3 is 2.63 bits per heavy atom. The molecule has 0 spiro atoms. The van der Waals surface area contributed by atoms with Gasteiger partial charge in [0.25, 0.3) is 0 Å². The van der Waals surface area contributed by atoms with Crippen LogP contribution in [0.1, 0.15) is 17.5 Å². The minimum atomic E-state index is -1.32. The van der Waals surface area contributed by atoms with Crippen molar-refractivity contribution in [1.29, 1.82) is 0 Å². The first-order valence-corrected chi connectivity index (χ1v) is 6.05. The van der Waals surface area contributed by atoms with E-state index >= 15 is 0 Å². The van der Waals surface area contributed by atoms with Crippen molar-refractivity contribution in [2.45, 2.75) is 18.8 Å². The third-order valence-corrected chi connectivity index (χ3v) is 4.13. The molecule has 1 saturated carbocycles. The molecule has 1 aliphatic carbocycles. The highest BCUT2D eigenvalue weighted by Crippen LogP contribution is 2.50. The largest absolute Gasteiger partial charge is 0.496 e. The van der Waals surface area contributed by atoms with Crippen molar-refractivity contribution < 1.29 is 19.1 Å². The first-order valence-electron chi connectivity index (χ1n) is 6.05. The summed E-state index contributed by atoms with van der Waals surface area (Å²) in [6.45, 7) is 1.88. The molecule has 5 heteroatoms. The van der Waals surface area contributed by atoms with Gasteiger partial charge in [-0.25, -0.2) is 0 Å². The second-order valence-electron chi connectivity index (χ2n) is 4.99. The molecule has 19 heavy (non-hydrogen) atoms. The Labute approximate surface area is 109 Å². The summed E-state index contributed by atoms with van der Waals surface area (Å²) in [4.78, 5) is 35.8. The van der Waals surface area contributed by atoms with Crippen LogP contribution >= 0.6 is 0 Å². The smallest absolute Gasteiger partial charge is 0.245 e. The Bertz CT molecular complexity index is 622. The number of fused-ring (bicyclic) bond motifs is 1. The maximum absolute atomic E-state index is 12.1. The maximum atomic E-state index is 12.1. The molecule has 2 amide bonds. The van der Waals surface area contributed by atoms with E-state index in [4.69, 9.17) is 4.74 Å². The van der Waals surface area contributed by atoms with Gasteiger partial charge in [0.1, 0.15) is 11.2 Å². The number of imide groups is 1. The molecular weight excluding hydrogens is 246 g/mol. The van der Waals surface area contributed by atoms with Crippen LogP contribution in [0.4, 0.5) is 0 Å². The van der Waals surface area contributed by atoms with E-state index in [0.29, 0.717) is 11.3 Å². The predicted molar refractivity (Wildman–Crippen MR) is 65.7 cm³/mol. The lowest BCUT2D eigenvalue weighted by Crippen LogP contribution is -2.56. The predicted octanol–water partition coefficient (Wildman–Crippen LogP) is 0.487. The van der Waals surface area contributed by atoms with Crippen molar-refractivity contribution in [1.82, 2.24) is 5.32 Å². The second-order valence-corrected chi connectivity index (χ2v) is 4.99. The van der Waals surface area contributed by atoms with Crippen LogP contribution in [0, 0.1) is 12.8 Å². The molecule has 3 rings (SSSR count). The monoisotopic (exact) mass is 259 g/mol. The van der Waals surface area contributed by atoms with E-state index in [9.17, 15) is 14.4 Å². The van der Waals surface area contributed by atoms with Crippen LogP contribution in [0.25, 0.3) is 0 Å². The first kappa shape index (κ1) is 11.9. The van der Waals surface area contributed by atoms with E-state index in [2.05, 4.69) is 5.32 Å². The highest BCUT2D eigenvalue weighted by Gasteiger charge is 2.68. The standard InChI is InChI=1S/C14H13NO4/c1-7-3-4-8(5-10(7)19-2)14-9(6-11(14)16)12(17)15-13(14)18/h3-5,9H,6H2,1-2H3,(H,15,17,18). The van der Waals surface area contributed by atoms with Crippen molar-refractivity contribution in [2.24, 2.45) is 5.92 Å². The van der Waals surface area contributed by atoms with Crippen molar-refractivity contribution in [3.8, 4) is 5.75 Å². The number of nitrogens with one attached hydrogen (secondary N) is 1. The van der Waals surface area contributed by atoms with E-state index in [1.165, 1.54) is 7.11 Å². The Hall–Kier alpha value is -2.17. The van der Waals surface area contributed by atoms with Crippen LogP contribution in [0.5, 0.6) is 5.75 Å². The van der Waals surface area contributed by atoms with Crippen LogP contribution in [0.3, 0.4) is 0 Å². The number of ether oxygens (including phenoxy) is 1. The van der Waals surface area contributed by atoms with Gasteiger partial charge in [-0.05, 0) is 24.1 Å². The summed E-state index contributed by atoms with van der Waals surface area (Å²) in [6, 6.07) is 5.19. The molecule has 1 aromatic rings. The Morgan fingerprint density at radius 1 is 1.32 bits per heavy atom. The van der Waals surface area contributed by atoms with E-state index in [-0.39, 0.29) is 18.1 Å². The molecule has 98 valence electrons. The first-order chi connectivity index (χ1) is 9.01. The van der Waals surface area contributed by atoms with Gasteiger partial charge in [0.2, 0.25) is 11.8 Å². The molecule has 1 aliphatic heterocycles. The molecule has 2 fully saturated rings. The fraction of sp³-hybridized carbons (Fsp3) is 0.357. The number of hydrogen-bond donors (Lipinski definition) is 1. The minimum absolute atomic E-state index is 0.133. The number of benzene rings is 1. The summed E-state index contributed by atoms with van der Waals surface area (Å²) in [6.07, 6.45) is 0.133. The molecule has 1 aromatic carbocycles. The zero-order valence-electron chi connectivity index (χ0n) is 10.6. The number of hydrogen-bond acceptors (Lipinski definition) is 4. The van der Waals surface area contributed by atoms with Crippen molar-refractivity contribution in [3.05, 3.63) is 29.3 Å². The van der Waals surface area contributed by atoms with Gasteiger partial charge in [-0.15, -0.1) is 0 Å². The normalized spacial score (nSPS) is 28.7. The Kier molecular flexibility index (Phi) is 2.29. The number of carbonyl (C=O) groups excluding carboxylic acids is 3. The molecule has 1 N–H and O–H groups in total. The highest BCUT2D eigenvalue weighted by molar-refractivity contribution is 6.28. The average molecular weight is 259 g/mol. The molecule has 0 aromatic heterocycles. The van der Waals surface area contributed by atoms with Crippen LogP contribution in [-0.2, 0) is 19.8 Å². The summed E-state index contributed by atoms with van der Waals surface area (Å²) in [5, 5.41) is 2.26. The quantitative estimate of drug-likeness (QED) is 0.619. The third kappa shape index (κ3) is 1.27. The lowest BCUT2D eigenvalue weighted by molar-refractivity contribution is -0.146. The fourth-order valence-electron chi connectivity index (χ4n) is 2.99. The average Bonchev–Trinajstić information content (AvgIpc) is 2.57. The van der Waals surface area contributed by atoms with Crippen LogP contribution in [0.2, 0.25) is 0 Å². The molecule has 2 atom stereocenters. The molecule has 2 aliphatic rings. The zero-order chi connectivity index (χ0) is 13.8. The topological polar surface area (TPSA) is 72.5 Å². The lowest BCUT2D eigenvalue weighted by atomic mass is 9.57. The van der Waals surface area contributed by atoms with Crippen molar-refractivity contribution in [3.63, 3.8) is 0 Å². The molecule has 0 radical (unpaired) electrons. The van der Waals surface area contributed by atoms with Crippen molar-refractivity contribution in [2.75, 3.05) is 7.11 Å². The zero-order valence-corrected chi connectivity index (χ0v) is 10.6. The van der Waals surface area contributed by atoms with Crippen LogP contribution in [0.15, 0.2) is 18.2 Å². The van der Waals surface area contributed by atoms with Gasteiger partial charge in [-0.3, -0.25) is 19.7 Å². The molecule has 5 nitrogen and oxygen atoms in total. The van der Waals surface area contributed by atoms with Gasteiger partial charge < -0.3 is 4.74 Å². The fourth-order valence-corrected chi connectivity index (χ4v) is 2.99. The van der Waals surface area contributed by atoms with Crippen LogP contribution in [-0.4, -0.2) is 24.7 Å². The van der Waals surface area contributed by atoms with Gasteiger partial charge in [-0.1, -0.05) is 12.1 Å². The number of amides is 2. The number of rotatable bonds is 2. The number of aryl methyl sites for hydroxylation is 1. The summed E-state index contributed by atoms with van der Waals surface area (Å²) in [5.74, 6) is -1.03. The van der Waals surface area contributed by atoms with Crippen LogP contribution < -0.4 is 10.1 Å². The second kappa shape index (κ2) is 3.66. The molecule has 2 unspecified atom stereocenters. The van der Waals surface area contributed by atoms with Crippen molar-refractivity contribution >= 4 is 17.6 Å². The van der Waals surface area contributed by atoms with E-state index in [1.54, 1.807) is 18.2 Å². The molecule has 1 saturated heterocycles. The number of ketones is 1. The van der Waals surface area contributed by atoms with E-state index in [0.717, 1.165) is 5.56 Å². The van der Waals surface area contributed by atoms with E-state index in [1.807, 2.05) is 6.92 Å². The van der Waals surface area contributed by atoms with Gasteiger partial charge in [-0.2, -0.15) is 0 Å². The lowest BCUT2D eigenvalue weighted by Gasteiger charge is -2.39. The number of carbonyl (C=O) groups is 3. The van der Waals surface area contributed by atoms with Gasteiger partial charge in [0, 0.05) is 6.42 Å². The Morgan fingerprint density at radius 2 is 2.05 bits per heavy atom. The molecule has 0 bridgehead atoms. The van der Waals surface area contributed by atoms with Gasteiger partial charge in [0.05, 0.1) is 13.0 Å². The van der Waals surface area contributed by atoms with Gasteiger partial charge >= 0.3 is 0 Å². The number of methoxy groups -OCH3 is 1. The SMILES string of the molecule is COc1cc(C23C(=O)CC2C(=O)NC3=O)ccc1C. The Balaban J connectivity index is 2.17.